The van der Waals surface area contributed by atoms with Crippen molar-refractivity contribution in [1.29, 1.82) is 5.26 Å². The van der Waals surface area contributed by atoms with E-state index in [2.05, 4.69) is 27.0 Å². The van der Waals surface area contributed by atoms with E-state index in [1.165, 1.54) is 6.92 Å². The number of hydrogen-bond acceptors (Lipinski definition) is 3. The number of carbonyl (C=O) groups excluding carboxylic acids is 1. The van der Waals surface area contributed by atoms with Crippen LogP contribution in [0.1, 0.15) is 33.3 Å². The van der Waals surface area contributed by atoms with Crippen molar-refractivity contribution >= 4 is 33.0 Å². The second kappa shape index (κ2) is 9.02. The second-order valence-electron chi connectivity index (χ2n) is 4.92. The van der Waals surface area contributed by atoms with Crippen molar-refractivity contribution in [3.05, 3.63) is 63.8 Å². The van der Waals surface area contributed by atoms with Crippen LogP contribution in [0.4, 0.5) is 0 Å². The molecule has 0 saturated carbocycles. The van der Waals surface area contributed by atoms with Crippen LogP contribution in [-0.2, 0) is 4.79 Å². The van der Waals surface area contributed by atoms with Crippen LogP contribution in [0.5, 0.6) is 0 Å². The van der Waals surface area contributed by atoms with Crippen molar-refractivity contribution in [2.24, 2.45) is 4.99 Å². The van der Waals surface area contributed by atoms with Gasteiger partial charge in [0.2, 0.25) is 0 Å². The number of allylic oxidation sites excluding steroid dienone is 6. The third-order valence-corrected chi connectivity index (χ3v) is 3.54. The lowest BCUT2D eigenvalue weighted by molar-refractivity contribution is -0.113. The first-order chi connectivity index (χ1) is 10.9. The standard InChI is InChI=1S/C19H19BrN2O/c1-5-16(17-9-7-6-8-10-17)11-18(12-21)14(3)22-19(13(2)20)15(4)23/h5-11H,1-4H3/b16-5+,18-11-,19-13+,22-14+. The van der Waals surface area contributed by atoms with Gasteiger partial charge in [-0.05, 0) is 38.0 Å². The molecule has 0 fully saturated rings. The zero-order valence-electron chi connectivity index (χ0n) is 13.7. The highest BCUT2D eigenvalue weighted by Crippen LogP contribution is 2.19. The molecule has 0 aliphatic rings. The molecule has 1 rings (SSSR count). The number of hydrogen-bond donors (Lipinski definition) is 0. The highest BCUT2D eigenvalue weighted by atomic mass is 79.9. The van der Waals surface area contributed by atoms with Crippen LogP contribution in [0.2, 0.25) is 0 Å². The lowest BCUT2D eigenvalue weighted by Gasteiger charge is -2.05. The van der Waals surface area contributed by atoms with Crippen LogP contribution >= 0.6 is 15.9 Å². The van der Waals surface area contributed by atoms with Crippen LogP contribution in [0.15, 0.2) is 63.2 Å². The fraction of sp³-hybridized carbons (Fsp3) is 0.211. The molecular weight excluding hydrogens is 352 g/mol. The zero-order chi connectivity index (χ0) is 17.4. The molecule has 23 heavy (non-hydrogen) atoms. The van der Waals surface area contributed by atoms with E-state index < -0.39 is 0 Å². The Hall–Kier alpha value is -2.25. The Labute approximate surface area is 145 Å². The molecule has 0 heterocycles. The van der Waals surface area contributed by atoms with Crippen molar-refractivity contribution in [2.75, 3.05) is 0 Å². The molecule has 0 unspecified atom stereocenters. The Morgan fingerprint density at radius 1 is 1.22 bits per heavy atom. The summed E-state index contributed by atoms with van der Waals surface area (Å²) in [5.41, 5.74) is 3.21. The molecule has 0 atom stereocenters. The number of carbonyl (C=O) groups is 1. The summed E-state index contributed by atoms with van der Waals surface area (Å²) in [6.45, 7) is 6.86. The maximum Gasteiger partial charge on any atom is 0.178 e. The fourth-order valence-electron chi connectivity index (χ4n) is 1.96. The van der Waals surface area contributed by atoms with E-state index in [-0.39, 0.29) is 5.78 Å². The fourth-order valence-corrected chi connectivity index (χ4v) is 2.33. The number of ketones is 1. The number of rotatable bonds is 5. The van der Waals surface area contributed by atoms with Gasteiger partial charge in [-0.25, -0.2) is 4.99 Å². The molecule has 0 bridgehead atoms. The van der Waals surface area contributed by atoms with Crippen molar-refractivity contribution in [3.63, 3.8) is 0 Å². The summed E-state index contributed by atoms with van der Waals surface area (Å²) >= 11 is 3.28. The molecule has 0 N–H and O–H groups in total. The lowest BCUT2D eigenvalue weighted by Crippen LogP contribution is -2.02. The van der Waals surface area contributed by atoms with Gasteiger partial charge in [-0.2, -0.15) is 5.26 Å². The first-order valence-corrected chi connectivity index (χ1v) is 7.96. The van der Waals surface area contributed by atoms with Gasteiger partial charge < -0.3 is 0 Å². The second-order valence-corrected chi connectivity index (χ2v) is 6.10. The van der Waals surface area contributed by atoms with Crippen LogP contribution in [0, 0.1) is 11.3 Å². The van der Waals surface area contributed by atoms with E-state index in [4.69, 9.17) is 0 Å². The molecule has 0 amide bonds. The molecule has 1 aromatic rings. The van der Waals surface area contributed by atoms with Crippen LogP contribution in [-0.4, -0.2) is 11.5 Å². The number of aliphatic imine (C=N–C) groups is 1. The Kier molecular flexibility index (Phi) is 7.37. The molecule has 0 radical (unpaired) electrons. The molecule has 4 heteroatoms. The minimum atomic E-state index is -0.148. The van der Waals surface area contributed by atoms with Gasteiger partial charge in [0.15, 0.2) is 5.78 Å². The van der Waals surface area contributed by atoms with Crippen LogP contribution in [0.3, 0.4) is 0 Å². The van der Waals surface area contributed by atoms with Crippen molar-refractivity contribution in [2.45, 2.75) is 27.7 Å². The van der Waals surface area contributed by atoms with Gasteiger partial charge in [0.25, 0.3) is 0 Å². The molecule has 118 valence electrons. The van der Waals surface area contributed by atoms with Crippen molar-refractivity contribution in [1.82, 2.24) is 0 Å². The van der Waals surface area contributed by atoms with E-state index in [1.54, 1.807) is 19.9 Å². The maximum absolute atomic E-state index is 11.6. The Morgan fingerprint density at radius 3 is 2.26 bits per heavy atom. The lowest BCUT2D eigenvalue weighted by atomic mass is 10.0. The summed E-state index contributed by atoms with van der Waals surface area (Å²) in [5.74, 6) is -0.148. The Balaban J connectivity index is 3.30. The van der Waals surface area contributed by atoms with E-state index in [1.807, 2.05) is 43.3 Å². The predicted octanol–water partition coefficient (Wildman–Crippen LogP) is 5.22. The summed E-state index contributed by atoms with van der Waals surface area (Å²) in [7, 11) is 0. The van der Waals surface area contributed by atoms with E-state index in [0.717, 1.165) is 11.1 Å². The van der Waals surface area contributed by atoms with Gasteiger partial charge in [-0.15, -0.1) is 0 Å². The van der Waals surface area contributed by atoms with Crippen molar-refractivity contribution in [3.8, 4) is 6.07 Å². The third kappa shape index (κ3) is 5.46. The number of halogens is 1. The summed E-state index contributed by atoms with van der Waals surface area (Å²) in [6.07, 6.45) is 3.73. The average molecular weight is 371 g/mol. The quantitative estimate of drug-likeness (QED) is 0.309. The number of nitriles is 1. The van der Waals surface area contributed by atoms with Gasteiger partial charge in [-0.1, -0.05) is 52.3 Å². The normalized spacial score (nSPS) is 14.2. The predicted molar refractivity (Wildman–Crippen MR) is 99.2 cm³/mol. The van der Waals surface area contributed by atoms with Gasteiger partial charge in [0.05, 0.1) is 11.3 Å². The third-order valence-electron chi connectivity index (χ3n) is 3.17. The first kappa shape index (κ1) is 18.8. The summed E-state index contributed by atoms with van der Waals surface area (Å²) < 4.78 is 0.649. The maximum atomic E-state index is 11.6. The molecule has 0 aliphatic heterocycles. The molecule has 0 aromatic heterocycles. The topological polar surface area (TPSA) is 53.2 Å². The minimum absolute atomic E-state index is 0.148. The molecule has 1 aromatic carbocycles. The number of nitrogens with zero attached hydrogens (tertiary/aromatic N) is 2. The molecule has 3 nitrogen and oxygen atoms in total. The van der Waals surface area contributed by atoms with Gasteiger partial charge in [0.1, 0.15) is 11.8 Å². The summed E-state index contributed by atoms with van der Waals surface area (Å²) in [4.78, 5) is 15.9. The average Bonchev–Trinajstić information content (AvgIpc) is 2.53. The van der Waals surface area contributed by atoms with Crippen molar-refractivity contribution < 1.29 is 4.79 Å². The zero-order valence-corrected chi connectivity index (χ0v) is 15.3. The van der Waals surface area contributed by atoms with E-state index >= 15 is 0 Å². The molecule has 0 spiro atoms. The number of Topliss-reactive ketones (excluding diaryl/α,β-unsaturated/α-hetero) is 1. The summed E-state index contributed by atoms with van der Waals surface area (Å²) in [6, 6.07) is 12.0. The highest BCUT2D eigenvalue weighted by molar-refractivity contribution is 9.11. The monoisotopic (exact) mass is 370 g/mol. The SMILES string of the molecule is C\C=C(/C=C(C#N)\C(C)=N\C(C(C)=O)=C(/C)Br)c1ccccc1. The number of benzene rings is 1. The minimum Gasteiger partial charge on any atom is -0.293 e. The molecule has 0 aliphatic carbocycles. The Morgan fingerprint density at radius 2 is 1.83 bits per heavy atom. The first-order valence-electron chi connectivity index (χ1n) is 7.17. The molecule has 0 saturated heterocycles. The van der Waals surface area contributed by atoms with E-state index in [0.29, 0.717) is 21.5 Å². The van der Waals surface area contributed by atoms with Crippen LogP contribution in [0.25, 0.3) is 5.57 Å². The van der Waals surface area contributed by atoms with Gasteiger partial charge in [-0.3, -0.25) is 4.79 Å². The van der Waals surface area contributed by atoms with Gasteiger partial charge >= 0.3 is 0 Å². The molecular formula is C19H19BrN2O. The largest absolute Gasteiger partial charge is 0.293 e. The van der Waals surface area contributed by atoms with Gasteiger partial charge in [0, 0.05) is 11.4 Å². The summed E-state index contributed by atoms with van der Waals surface area (Å²) in [5, 5.41) is 9.44. The smallest absolute Gasteiger partial charge is 0.178 e. The highest BCUT2D eigenvalue weighted by Gasteiger charge is 2.09. The van der Waals surface area contributed by atoms with Crippen LogP contribution < -0.4 is 0 Å². The Bertz CT molecular complexity index is 743. The van der Waals surface area contributed by atoms with E-state index in [9.17, 15) is 10.1 Å².